The highest BCUT2D eigenvalue weighted by molar-refractivity contribution is 5.84. The van der Waals surface area contributed by atoms with Gasteiger partial charge in [-0.2, -0.15) is 0 Å². The summed E-state index contributed by atoms with van der Waals surface area (Å²) in [6.07, 6.45) is 0. The van der Waals surface area contributed by atoms with Gasteiger partial charge in [0, 0.05) is 32.1 Å². The molecule has 0 bridgehead atoms. The third kappa shape index (κ3) is 1.49. The maximum atomic E-state index is 13.2. The van der Waals surface area contributed by atoms with Crippen LogP contribution in [0, 0.1) is 11.8 Å². The standard InChI is InChI=1S/C11H15F2N3O2/c1-6-8(11(6,12)13)9(17)15-2-3-16-7(5-15)4-14-10(16)18/h6-8H,2-5H2,1H3,(H,14,18). The van der Waals surface area contributed by atoms with Crippen LogP contribution >= 0.6 is 0 Å². The number of carbonyl (C=O) groups excluding carboxylic acids is 2. The van der Waals surface area contributed by atoms with Crippen LogP contribution in [-0.4, -0.2) is 59.9 Å². The summed E-state index contributed by atoms with van der Waals surface area (Å²) in [5.41, 5.74) is 0. The summed E-state index contributed by atoms with van der Waals surface area (Å²) < 4.78 is 26.4. The van der Waals surface area contributed by atoms with Crippen molar-refractivity contribution in [1.29, 1.82) is 0 Å². The van der Waals surface area contributed by atoms with Crippen molar-refractivity contribution in [2.24, 2.45) is 11.8 Å². The van der Waals surface area contributed by atoms with Crippen molar-refractivity contribution in [3.63, 3.8) is 0 Å². The molecule has 1 aliphatic carbocycles. The van der Waals surface area contributed by atoms with Gasteiger partial charge in [-0.3, -0.25) is 4.79 Å². The Bertz CT molecular complexity index is 415. The number of halogens is 2. The predicted octanol–water partition coefficient (Wildman–Crippen LogP) is 0.124. The first kappa shape index (κ1) is 11.7. The number of urea groups is 1. The maximum Gasteiger partial charge on any atom is 0.317 e. The van der Waals surface area contributed by atoms with E-state index in [1.807, 2.05) is 0 Å². The molecule has 3 amide bonds. The zero-order chi connectivity index (χ0) is 13.1. The fraction of sp³-hybridized carbons (Fsp3) is 0.818. The molecule has 0 aromatic rings. The van der Waals surface area contributed by atoms with E-state index < -0.39 is 23.7 Å². The summed E-state index contributed by atoms with van der Waals surface area (Å²) in [5.74, 6) is -5.33. The number of carbonyl (C=O) groups is 2. The third-order valence-electron chi connectivity index (χ3n) is 4.22. The van der Waals surface area contributed by atoms with Crippen molar-refractivity contribution in [3.8, 4) is 0 Å². The molecule has 3 aliphatic rings. The van der Waals surface area contributed by atoms with Crippen molar-refractivity contribution in [1.82, 2.24) is 15.1 Å². The van der Waals surface area contributed by atoms with E-state index in [2.05, 4.69) is 5.32 Å². The monoisotopic (exact) mass is 259 g/mol. The van der Waals surface area contributed by atoms with Gasteiger partial charge in [-0.25, -0.2) is 13.6 Å². The highest BCUT2D eigenvalue weighted by Gasteiger charge is 2.70. The minimum absolute atomic E-state index is 0.0714. The average molecular weight is 259 g/mol. The van der Waals surface area contributed by atoms with E-state index in [-0.39, 0.29) is 12.1 Å². The Balaban J connectivity index is 1.66. The first-order chi connectivity index (χ1) is 8.43. The van der Waals surface area contributed by atoms with Crippen molar-refractivity contribution in [2.75, 3.05) is 26.2 Å². The van der Waals surface area contributed by atoms with E-state index in [0.717, 1.165) is 0 Å². The lowest BCUT2D eigenvalue weighted by molar-refractivity contribution is -0.137. The van der Waals surface area contributed by atoms with Crippen molar-refractivity contribution >= 4 is 11.9 Å². The number of hydrogen-bond acceptors (Lipinski definition) is 2. The maximum absolute atomic E-state index is 13.2. The molecule has 2 aliphatic heterocycles. The molecular weight excluding hydrogens is 244 g/mol. The van der Waals surface area contributed by atoms with Gasteiger partial charge in [-0.05, 0) is 0 Å². The van der Waals surface area contributed by atoms with Gasteiger partial charge in [0.15, 0.2) is 0 Å². The number of amides is 3. The van der Waals surface area contributed by atoms with Gasteiger partial charge in [0.25, 0.3) is 5.92 Å². The lowest BCUT2D eigenvalue weighted by Gasteiger charge is -2.36. The van der Waals surface area contributed by atoms with Crippen LogP contribution in [0.4, 0.5) is 13.6 Å². The number of rotatable bonds is 1. The molecule has 1 N–H and O–H groups in total. The van der Waals surface area contributed by atoms with Gasteiger partial charge in [0.1, 0.15) is 5.92 Å². The Morgan fingerprint density at radius 1 is 1.44 bits per heavy atom. The predicted molar refractivity (Wildman–Crippen MR) is 58.1 cm³/mol. The molecule has 0 aromatic carbocycles. The fourth-order valence-electron chi connectivity index (χ4n) is 2.86. The quantitative estimate of drug-likeness (QED) is 0.727. The second kappa shape index (κ2) is 3.55. The lowest BCUT2D eigenvalue weighted by atomic mass is 10.1. The molecule has 0 radical (unpaired) electrons. The molecule has 18 heavy (non-hydrogen) atoms. The Morgan fingerprint density at radius 2 is 2.11 bits per heavy atom. The van der Waals surface area contributed by atoms with E-state index in [9.17, 15) is 18.4 Å². The highest BCUT2D eigenvalue weighted by Crippen LogP contribution is 2.55. The van der Waals surface area contributed by atoms with Crippen molar-refractivity contribution < 1.29 is 18.4 Å². The molecule has 5 nitrogen and oxygen atoms in total. The summed E-state index contributed by atoms with van der Waals surface area (Å²) >= 11 is 0. The van der Waals surface area contributed by atoms with E-state index in [1.54, 1.807) is 4.90 Å². The van der Waals surface area contributed by atoms with E-state index in [1.165, 1.54) is 11.8 Å². The number of fused-ring (bicyclic) bond motifs is 1. The third-order valence-corrected chi connectivity index (χ3v) is 4.22. The molecule has 3 fully saturated rings. The van der Waals surface area contributed by atoms with Gasteiger partial charge < -0.3 is 15.1 Å². The Hall–Kier alpha value is -1.40. The van der Waals surface area contributed by atoms with E-state index in [4.69, 9.17) is 0 Å². The molecule has 0 aromatic heterocycles. The van der Waals surface area contributed by atoms with Gasteiger partial charge in [0.05, 0.1) is 6.04 Å². The molecule has 0 spiro atoms. The van der Waals surface area contributed by atoms with Crippen molar-refractivity contribution in [3.05, 3.63) is 0 Å². The van der Waals surface area contributed by atoms with Gasteiger partial charge >= 0.3 is 6.03 Å². The molecule has 7 heteroatoms. The number of nitrogens with zero attached hydrogens (tertiary/aromatic N) is 2. The number of nitrogens with one attached hydrogen (secondary N) is 1. The van der Waals surface area contributed by atoms with E-state index in [0.29, 0.717) is 26.2 Å². The molecule has 3 rings (SSSR count). The second-order valence-electron chi connectivity index (χ2n) is 5.26. The minimum Gasteiger partial charge on any atom is -0.338 e. The number of piperazine rings is 1. The highest BCUT2D eigenvalue weighted by atomic mass is 19.3. The summed E-state index contributed by atoms with van der Waals surface area (Å²) in [7, 11) is 0. The molecule has 1 saturated carbocycles. The molecule has 2 heterocycles. The Morgan fingerprint density at radius 3 is 2.72 bits per heavy atom. The molecule has 3 unspecified atom stereocenters. The SMILES string of the molecule is CC1C(C(=O)N2CCN3C(=O)NCC3C2)C1(F)F. The van der Waals surface area contributed by atoms with Gasteiger partial charge in [0.2, 0.25) is 5.91 Å². The lowest BCUT2D eigenvalue weighted by Crippen LogP contribution is -2.54. The van der Waals surface area contributed by atoms with Crippen LogP contribution in [0.1, 0.15) is 6.92 Å². The van der Waals surface area contributed by atoms with Crippen LogP contribution in [0.3, 0.4) is 0 Å². The zero-order valence-corrected chi connectivity index (χ0v) is 10.0. The first-order valence-electron chi connectivity index (χ1n) is 6.14. The summed E-state index contributed by atoms with van der Waals surface area (Å²) in [5, 5.41) is 2.69. The summed E-state index contributed by atoms with van der Waals surface area (Å²) in [4.78, 5) is 26.5. The fourth-order valence-corrected chi connectivity index (χ4v) is 2.86. The topological polar surface area (TPSA) is 52.7 Å². The molecule has 2 saturated heterocycles. The summed E-state index contributed by atoms with van der Waals surface area (Å²) in [6, 6.07) is -0.199. The Labute approximate surface area is 103 Å². The minimum atomic E-state index is -2.85. The van der Waals surface area contributed by atoms with E-state index >= 15 is 0 Å². The average Bonchev–Trinajstić information content (AvgIpc) is 2.68. The molecule has 3 atom stereocenters. The summed E-state index contributed by atoms with van der Waals surface area (Å²) in [6.45, 7) is 3.02. The first-order valence-corrected chi connectivity index (χ1v) is 6.14. The molecular formula is C11H15F2N3O2. The van der Waals surface area contributed by atoms with Gasteiger partial charge in [-0.1, -0.05) is 6.92 Å². The van der Waals surface area contributed by atoms with Crippen LogP contribution in [0.25, 0.3) is 0 Å². The molecule has 100 valence electrons. The largest absolute Gasteiger partial charge is 0.338 e. The number of alkyl halides is 2. The zero-order valence-electron chi connectivity index (χ0n) is 10.0. The normalized spacial score (nSPS) is 37.3. The van der Waals surface area contributed by atoms with Crippen LogP contribution in [0.2, 0.25) is 0 Å². The van der Waals surface area contributed by atoms with Crippen molar-refractivity contribution in [2.45, 2.75) is 18.9 Å². The van der Waals surface area contributed by atoms with Crippen LogP contribution in [0.5, 0.6) is 0 Å². The van der Waals surface area contributed by atoms with Gasteiger partial charge in [-0.15, -0.1) is 0 Å². The Kier molecular flexibility index (Phi) is 2.30. The van der Waals surface area contributed by atoms with Crippen LogP contribution < -0.4 is 5.32 Å². The smallest absolute Gasteiger partial charge is 0.317 e. The van der Waals surface area contributed by atoms with Crippen LogP contribution in [-0.2, 0) is 4.79 Å². The van der Waals surface area contributed by atoms with Crippen LogP contribution in [0.15, 0.2) is 0 Å². The number of hydrogen-bond donors (Lipinski definition) is 1. The second-order valence-corrected chi connectivity index (χ2v) is 5.26.